The lowest BCUT2D eigenvalue weighted by molar-refractivity contribution is -0.112. The second kappa shape index (κ2) is 5.20. The van der Waals surface area contributed by atoms with E-state index in [0.717, 1.165) is 9.81 Å². The molecule has 12 heavy (non-hydrogen) atoms. The van der Waals surface area contributed by atoms with Gasteiger partial charge in [0.1, 0.15) is 0 Å². The van der Waals surface area contributed by atoms with Gasteiger partial charge in [0, 0.05) is 0 Å². The van der Waals surface area contributed by atoms with Crippen molar-refractivity contribution >= 4 is 17.5 Å². The smallest absolute Gasteiger partial charge is 0.166 e. The highest BCUT2D eigenvalue weighted by atomic mass is 32.2. The fourth-order valence-electron chi connectivity index (χ4n) is 0.593. The fourth-order valence-corrected chi connectivity index (χ4v) is 1.37. The maximum absolute atomic E-state index is 11.0. The molecule has 0 aromatic heterocycles. The Hall–Kier alpha value is -0.500. The topological polar surface area (TPSA) is 17.1 Å². The lowest BCUT2D eigenvalue weighted by Crippen LogP contribution is -1.95. The Morgan fingerprint density at radius 2 is 2.00 bits per heavy atom. The molecule has 2 heteroatoms. The Bertz CT molecular complexity index is 214. The second-order valence-electron chi connectivity index (χ2n) is 2.93. The molecule has 0 atom stereocenters. The van der Waals surface area contributed by atoms with E-state index >= 15 is 0 Å². The van der Waals surface area contributed by atoms with Crippen LogP contribution in [0.3, 0.4) is 0 Å². The van der Waals surface area contributed by atoms with E-state index in [1.807, 2.05) is 13.0 Å². The molecule has 0 saturated heterocycles. The molecule has 0 spiro atoms. The fraction of sp³-hybridized carbons (Fsp3) is 0.500. The molecule has 0 radical (unpaired) electrons. The predicted octanol–water partition coefficient (Wildman–Crippen LogP) is 3.38. The zero-order chi connectivity index (χ0) is 9.72. The highest BCUT2D eigenvalue weighted by Gasteiger charge is 2.07. The highest BCUT2D eigenvalue weighted by molar-refractivity contribution is 8.07. The first-order valence-corrected chi connectivity index (χ1v) is 4.84. The van der Waals surface area contributed by atoms with Crippen LogP contribution in [0, 0.1) is 5.92 Å². The number of allylic oxidation sites excluding steroid dienone is 3. The van der Waals surface area contributed by atoms with Crippen molar-refractivity contribution in [3.8, 4) is 0 Å². The van der Waals surface area contributed by atoms with Gasteiger partial charge in [-0.3, -0.25) is 4.79 Å². The maximum Gasteiger partial charge on any atom is 0.166 e. The molecule has 0 N–H and O–H groups in total. The number of thioether (sulfide) groups is 1. The molecule has 0 aliphatic carbocycles. The number of hydrogen-bond donors (Lipinski definition) is 0. The van der Waals surface area contributed by atoms with Gasteiger partial charge in [0.25, 0.3) is 0 Å². The van der Waals surface area contributed by atoms with Crippen LogP contribution in [0.25, 0.3) is 0 Å². The molecule has 0 heterocycles. The van der Waals surface area contributed by atoms with E-state index in [1.54, 1.807) is 6.92 Å². The first-order valence-electron chi connectivity index (χ1n) is 4.03. The Morgan fingerprint density at radius 1 is 1.50 bits per heavy atom. The van der Waals surface area contributed by atoms with Gasteiger partial charge in [-0.05, 0) is 24.7 Å². The van der Waals surface area contributed by atoms with Crippen LogP contribution in [-0.2, 0) is 4.79 Å². The van der Waals surface area contributed by atoms with Crippen molar-refractivity contribution in [3.63, 3.8) is 0 Å². The normalized spacial score (nSPS) is 11.9. The standard InChI is InChI=1S/C10H16OS/c1-6-10(8(4)11)12-9(5)7(2)3/h6-7H,5H2,1-4H3/b10-6-. The first-order chi connectivity index (χ1) is 5.49. The quantitative estimate of drug-likeness (QED) is 0.623. The van der Waals surface area contributed by atoms with E-state index in [9.17, 15) is 4.79 Å². The number of hydrogen-bond acceptors (Lipinski definition) is 2. The van der Waals surface area contributed by atoms with Crippen LogP contribution in [0.2, 0.25) is 0 Å². The number of carbonyl (C=O) groups excluding carboxylic acids is 1. The molecular formula is C10H16OS. The summed E-state index contributed by atoms with van der Waals surface area (Å²) in [5.74, 6) is 0.536. The Balaban J connectivity index is 4.24. The van der Waals surface area contributed by atoms with Gasteiger partial charge in [-0.1, -0.05) is 38.3 Å². The van der Waals surface area contributed by atoms with E-state index in [4.69, 9.17) is 0 Å². The van der Waals surface area contributed by atoms with E-state index in [-0.39, 0.29) is 5.78 Å². The lowest BCUT2D eigenvalue weighted by atomic mass is 10.2. The first kappa shape index (κ1) is 11.5. The average molecular weight is 184 g/mol. The summed E-state index contributed by atoms with van der Waals surface area (Å²) in [4.78, 5) is 12.8. The monoisotopic (exact) mass is 184 g/mol. The molecule has 68 valence electrons. The molecule has 0 rings (SSSR count). The third-order valence-corrected chi connectivity index (χ3v) is 2.97. The molecule has 0 aromatic rings. The van der Waals surface area contributed by atoms with Gasteiger partial charge in [0.2, 0.25) is 0 Å². The largest absolute Gasteiger partial charge is 0.294 e. The van der Waals surface area contributed by atoms with Crippen LogP contribution in [0.5, 0.6) is 0 Å². The summed E-state index contributed by atoms with van der Waals surface area (Å²) >= 11 is 1.48. The molecule has 0 saturated carbocycles. The van der Waals surface area contributed by atoms with Crippen LogP contribution in [0.15, 0.2) is 22.5 Å². The minimum Gasteiger partial charge on any atom is -0.294 e. The molecular weight excluding hydrogens is 168 g/mol. The van der Waals surface area contributed by atoms with E-state index in [1.165, 1.54) is 11.8 Å². The summed E-state index contributed by atoms with van der Waals surface area (Å²) in [6, 6.07) is 0. The second-order valence-corrected chi connectivity index (χ2v) is 4.10. The van der Waals surface area contributed by atoms with Gasteiger partial charge in [-0.2, -0.15) is 0 Å². The maximum atomic E-state index is 11.0. The van der Waals surface area contributed by atoms with Crippen LogP contribution in [-0.4, -0.2) is 5.78 Å². The van der Waals surface area contributed by atoms with Crippen molar-refractivity contribution in [2.75, 3.05) is 0 Å². The Kier molecular flexibility index (Phi) is 4.98. The minimum absolute atomic E-state index is 0.115. The predicted molar refractivity (Wildman–Crippen MR) is 56.0 cm³/mol. The van der Waals surface area contributed by atoms with Gasteiger partial charge in [0.15, 0.2) is 5.78 Å². The third kappa shape index (κ3) is 3.77. The van der Waals surface area contributed by atoms with Crippen molar-refractivity contribution in [2.45, 2.75) is 27.7 Å². The molecule has 0 bridgehead atoms. The van der Waals surface area contributed by atoms with Crippen molar-refractivity contribution in [1.82, 2.24) is 0 Å². The van der Waals surface area contributed by atoms with Gasteiger partial charge >= 0.3 is 0 Å². The molecule has 1 nitrogen and oxygen atoms in total. The minimum atomic E-state index is 0.115. The van der Waals surface area contributed by atoms with E-state index < -0.39 is 0 Å². The third-order valence-electron chi connectivity index (χ3n) is 1.49. The highest BCUT2D eigenvalue weighted by Crippen LogP contribution is 2.29. The number of rotatable bonds is 4. The SMILES string of the molecule is C=C(S/C(=C\C)C(C)=O)C(C)C. The molecule has 0 aromatic carbocycles. The molecule has 0 amide bonds. The molecule has 0 aliphatic rings. The van der Waals surface area contributed by atoms with Crippen molar-refractivity contribution in [1.29, 1.82) is 0 Å². The zero-order valence-electron chi connectivity index (χ0n) is 8.18. The summed E-state index contributed by atoms with van der Waals surface area (Å²) in [6.45, 7) is 11.5. The summed E-state index contributed by atoms with van der Waals surface area (Å²) in [5.41, 5.74) is 0. The van der Waals surface area contributed by atoms with Crippen LogP contribution in [0.1, 0.15) is 27.7 Å². The number of Topliss-reactive ketones (excluding diaryl/α,β-unsaturated/α-hetero) is 1. The Morgan fingerprint density at radius 3 is 2.25 bits per heavy atom. The van der Waals surface area contributed by atoms with Crippen molar-refractivity contribution in [2.24, 2.45) is 5.92 Å². The van der Waals surface area contributed by atoms with Gasteiger partial charge < -0.3 is 0 Å². The summed E-state index contributed by atoms with van der Waals surface area (Å²) in [5, 5.41) is 0. The summed E-state index contributed by atoms with van der Waals surface area (Å²) in [6.07, 6.45) is 1.83. The average Bonchev–Trinajstić information content (AvgIpc) is 1.98. The van der Waals surface area contributed by atoms with Gasteiger partial charge in [-0.25, -0.2) is 0 Å². The number of ketones is 1. The van der Waals surface area contributed by atoms with Crippen molar-refractivity contribution < 1.29 is 4.79 Å². The van der Waals surface area contributed by atoms with Gasteiger partial charge in [0.05, 0.1) is 4.91 Å². The molecule has 0 aliphatic heterocycles. The Labute approximate surface area is 78.9 Å². The summed E-state index contributed by atoms with van der Waals surface area (Å²) in [7, 11) is 0. The zero-order valence-corrected chi connectivity index (χ0v) is 8.99. The lowest BCUT2D eigenvalue weighted by Gasteiger charge is -2.08. The van der Waals surface area contributed by atoms with Crippen LogP contribution >= 0.6 is 11.8 Å². The van der Waals surface area contributed by atoms with E-state index in [0.29, 0.717) is 5.92 Å². The summed E-state index contributed by atoms with van der Waals surface area (Å²) < 4.78 is 0. The van der Waals surface area contributed by atoms with Crippen molar-refractivity contribution in [3.05, 3.63) is 22.5 Å². The molecule has 0 unspecified atom stereocenters. The number of carbonyl (C=O) groups is 1. The van der Waals surface area contributed by atoms with Crippen LogP contribution in [0.4, 0.5) is 0 Å². The van der Waals surface area contributed by atoms with Crippen LogP contribution < -0.4 is 0 Å². The van der Waals surface area contributed by atoms with E-state index in [2.05, 4.69) is 20.4 Å². The molecule has 0 fully saturated rings. The van der Waals surface area contributed by atoms with Gasteiger partial charge in [-0.15, -0.1) is 0 Å².